The van der Waals surface area contributed by atoms with E-state index in [9.17, 15) is 14.9 Å². The van der Waals surface area contributed by atoms with Crippen molar-refractivity contribution in [3.8, 4) is 17.2 Å². The first-order chi connectivity index (χ1) is 15.0. The van der Waals surface area contributed by atoms with Crippen molar-refractivity contribution in [2.24, 2.45) is 0 Å². The maximum atomic E-state index is 12.6. The molecule has 2 saturated heterocycles. The molecule has 2 amide bonds. The molecule has 0 aromatic heterocycles. The smallest absolute Gasteiger partial charge is 0.317 e. The number of carbonyl (C=O) groups excluding carboxylic acids is 2. The van der Waals surface area contributed by atoms with Gasteiger partial charge in [0.1, 0.15) is 6.07 Å². The van der Waals surface area contributed by atoms with Crippen LogP contribution in [0, 0.1) is 11.3 Å². The van der Waals surface area contributed by atoms with Gasteiger partial charge in [-0.2, -0.15) is 5.26 Å². The maximum Gasteiger partial charge on any atom is 0.317 e. The second kappa shape index (κ2) is 8.81. The highest BCUT2D eigenvalue weighted by Gasteiger charge is 2.30. The van der Waals surface area contributed by atoms with Gasteiger partial charge in [0.2, 0.25) is 0 Å². The van der Waals surface area contributed by atoms with Gasteiger partial charge in [-0.15, -0.1) is 0 Å². The summed E-state index contributed by atoms with van der Waals surface area (Å²) in [6.07, 6.45) is 3.00. The van der Waals surface area contributed by atoms with Crippen molar-refractivity contribution in [3.63, 3.8) is 0 Å². The molecular weight excluding hydrogens is 388 g/mol. The molecule has 6 heteroatoms. The number of nitriles is 1. The van der Waals surface area contributed by atoms with E-state index in [0.29, 0.717) is 23.7 Å². The monoisotopic (exact) mass is 416 g/mol. The van der Waals surface area contributed by atoms with Crippen molar-refractivity contribution in [3.05, 3.63) is 53.6 Å². The Kier molecular flexibility index (Phi) is 5.94. The summed E-state index contributed by atoms with van der Waals surface area (Å²) < 4.78 is 0. The van der Waals surface area contributed by atoms with Gasteiger partial charge in [-0.1, -0.05) is 24.3 Å². The molecule has 6 nitrogen and oxygen atoms in total. The number of ketones is 1. The number of benzene rings is 2. The molecule has 2 aromatic carbocycles. The summed E-state index contributed by atoms with van der Waals surface area (Å²) in [7, 11) is 0. The Bertz CT molecular complexity index is 1040. The highest BCUT2D eigenvalue weighted by atomic mass is 16.2. The van der Waals surface area contributed by atoms with Gasteiger partial charge >= 0.3 is 6.03 Å². The summed E-state index contributed by atoms with van der Waals surface area (Å²) in [6, 6.07) is 16.0. The first-order valence-corrected chi connectivity index (χ1v) is 10.9. The zero-order chi connectivity index (χ0) is 22.0. The zero-order valence-corrected chi connectivity index (χ0v) is 18.1. The molecule has 2 fully saturated rings. The molecule has 2 aliphatic heterocycles. The van der Waals surface area contributed by atoms with Crippen molar-refractivity contribution in [1.82, 2.24) is 10.2 Å². The number of nitrogens with zero attached hydrogens (tertiary/aromatic N) is 3. The Balaban J connectivity index is 1.48. The Labute approximate surface area is 183 Å². The van der Waals surface area contributed by atoms with Gasteiger partial charge in [0.15, 0.2) is 5.78 Å². The fourth-order valence-corrected chi connectivity index (χ4v) is 4.59. The first kappa shape index (κ1) is 20.9. The van der Waals surface area contributed by atoms with Crippen molar-refractivity contribution in [2.45, 2.75) is 45.2 Å². The third-order valence-electron chi connectivity index (χ3n) is 6.39. The summed E-state index contributed by atoms with van der Waals surface area (Å²) >= 11 is 0. The lowest BCUT2D eigenvalue weighted by molar-refractivity contribution is 0.101. The fraction of sp³-hybridized carbons (Fsp3) is 0.400. The van der Waals surface area contributed by atoms with Gasteiger partial charge in [-0.25, -0.2) is 4.79 Å². The van der Waals surface area contributed by atoms with Gasteiger partial charge in [-0.05, 0) is 62.4 Å². The third-order valence-corrected chi connectivity index (χ3v) is 6.39. The fourth-order valence-electron chi connectivity index (χ4n) is 4.59. The van der Waals surface area contributed by atoms with Gasteiger partial charge in [0.05, 0.1) is 11.3 Å². The largest absolute Gasteiger partial charge is 0.368 e. The van der Waals surface area contributed by atoms with Crippen LogP contribution in [0.1, 0.15) is 49.0 Å². The van der Waals surface area contributed by atoms with Crippen LogP contribution in [-0.4, -0.2) is 48.4 Å². The number of likely N-dealkylation sites (tertiary alicyclic amines) is 1. The van der Waals surface area contributed by atoms with Gasteiger partial charge in [0.25, 0.3) is 0 Å². The van der Waals surface area contributed by atoms with Crippen molar-refractivity contribution in [2.75, 3.05) is 24.5 Å². The zero-order valence-electron chi connectivity index (χ0n) is 18.1. The van der Waals surface area contributed by atoms with E-state index < -0.39 is 0 Å². The van der Waals surface area contributed by atoms with Gasteiger partial charge < -0.3 is 15.1 Å². The standard InChI is InChI=1S/C25H28N4O2/c1-17-5-4-11-29(17)25(31)27-23-10-12-28(16-23)24-9-8-21(14-22(24)15-26)20-7-3-6-19(13-20)18(2)30/h3,6-9,13-14,17,23H,4-5,10-12,16H2,1-2H3,(H,27,31)/t17-,23+/m1/s1. The lowest BCUT2D eigenvalue weighted by atomic mass is 9.99. The highest BCUT2D eigenvalue weighted by Crippen LogP contribution is 2.30. The predicted octanol–water partition coefficient (Wildman–Crippen LogP) is 4.20. The number of hydrogen-bond donors (Lipinski definition) is 1. The molecule has 160 valence electrons. The van der Waals surface area contributed by atoms with E-state index >= 15 is 0 Å². The van der Waals surface area contributed by atoms with Crippen molar-refractivity contribution in [1.29, 1.82) is 5.26 Å². The molecule has 2 atom stereocenters. The Morgan fingerprint density at radius 2 is 1.90 bits per heavy atom. The Hall–Kier alpha value is -3.33. The molecule has 4 rings (SSSR count). The van der Waals surface area contributed by atoms with Crippen molar-refractivity contribution >= 4 is 17.5 Å². The van der Waals surface area contributed by atoms with Crippen molar-refractivity contribution < 1.29 is 9.59 Å². The average Bonchev–Trinajstić information content (AvgIpc) is 3.42. The van der Waals surface area contributed by atoms with Crippen LogP contribution in [0.2, 0.25) is 0 Å². The summed E-state index contributed by atoms with van der Waals surface area (Å²) in [4.78, 5) is 28.4. The maximum absolute atomic E-state index is 12.6. The summed E-state index contributed by atoms with van der Waals surface area (Å²) in [5.74, 6) is 0.0208. The number of nitrogens with one attached hydrogen (secondary N) is 1. The molecule has 1 N–H and O–H groups in total. The van der Waals surface area contributed by atoms with E-state index in [0.717, 1.165) is 49.2 Å². The normalized spacial score (nSPS) is 20.5. The minimum atomic E-state index is 0.0208. The van der Waals surface area contributed by atoms with Crippen LogP contribution in [0.3, 0.4) is 0 Å². The first-order valence-electron chi connectivity index (χ1n) is 10.9. The molecule has 0 bridgehead atoms. The molecule has 2 aromatic rings. The van der Waals surface area contributed by atoms with E-state index in [1.165, 1.54) is 0 Å². The van der Waals surface area contributed by atoms with E-state index in [1.807, 2.05) is 41.3 Å². The molecule has 0 unspecified atom stereocenters. The number of amides is 2. The van der Waals surface area contributed by atoms with Gasteiger partial charge in [-0.3, -0.25) is 4.79 Å². The van der Waals surface area contributed by atoms with Crippen LogP contribution in [0.15, 0.2) is 42.5 Å². The SMILES string of the molecule is CC(=O)c1cccc(-c2ccc(N3CC[C@H](NC(=O)N4CCC[C@H]4C)C3)c(C#N)c2)c1. The number of anilines is 1. The number of hydrogen-bond acceptors (Lipinski definition) is 4. The number of urea groups is 1. The number of carbonyl (C=O) groups is 2. The van der Waals surface area contributed by atoms with Crippen LogP contribution in [-0.2, 0) is 0 Å². The second-order valence-electron chi connectivity index (χ2n) is 8.55. The molecule has 2 aliphatic rings. The van der Waals surface area contributed by atoms with E-state index in [4.69, 9.17) is 0 Å². The lowest BCUT2D eigenvalue weighted by Crippen LogP contribution is -2.47. The van der Waals surface area contributed by atoms with E-state index in [2.05, 4.69) is 23.2 Å². The summed E-state index contributed by atoms with van der Waals surface area (Å²) in [5.41, 5.74) is 3.98. The van der Waals surface area contributed by atoms with Crippen LogP contribution in [0.25, 0.3) is 11.1 Å². The topological polar surface area (TPSA) is 76.4 Å². The summed E-state index contributed by atoms with van der Waals surface area (Å²) in [6.45, 7) is 5.97. The molecule has 31 heavy (non-hydrogen) atoms. The van der Waals surface area contributed by atoms with Crippen LogP contribution < -0.4 is 10.2 Å². The van der Waals surface area contributed by atoms with E-state index in [1.54, 1.807) is 13.0 Å². The lowest BCUT2D eigenvalue weighted by Gasteiger charge is -2.25. The molecular formula is C25H28N4O2. The highest BCUT2D eigenvalue weighted by molar-refractivity contribution is 5.95. The third kappa shape index (κ3) is 4.41. The Morgan fingerprint density at radius 3 is 2.61 bits per heavy atom. The van der Waals surface area contributed by atoms with Gasteiger partial charge in [0, 0.05) is 37.3 Å². The quantitative estimate of drug-likeness (QED) is 0.758. The minimum Gasteiger partial charge on any atom is -0.368 e. The number of rotatable bonds is 4. The average molecular weight is 417 g/mol. The second-order valence-corrected chi connectivity index (χ2v) is 8.55. The molecule has 2 heterocycles. The van der Waals surface area contributed by atoms with Crippen LogP contribution in [0.4, 0.5) is 10.5 Å². The molecule has 0 spiro atoms. The number of Topliss-reactive ketones (excluding diaryl/α,β-unsaturated/α-hetero) is 1. The van der Waals surface area contributed by atoms with Crippen LogP contribution >= 0.6 is 0 Å². The van der Waals surface area contributed by atoms with E-state index in [-0.39, 0.29) is 17.9 Å². The minimum absolute atomic E-state index is 0.0208. The predicted molar refractivity (Wildman–Crippen MR) is 121 cm³/mol. The molecule has 0 saturated carbocycles. The van der Waals surface area contributed by atoms with Crippen LogP contribution in [0.5, 0.6) is 0 Å². The molecule has 0 aliphatic carbocycles. The molecule has 0 radical (unpaired) electrons. The summed E-state index contributed by atoms with van der Waals surface area (Å²) in [5, 5.41) is 12.9. The Morgan fingerprint density at radius 1 is 1.10 bits per heavy atom.